The quantitative estimate of drug-likeness (QED) is 0.685. The second-order valence-electron chi connectivity index (χ2n) is 4.79. The molecule has 0 radical (unpaired) electrons. The molecule has 0 saturated carbocycles. The third-order valence-electron chi connectivity index (χ3n) is 2.92. The number of hydrogen-bond donors (Lipinski definition) is 1. The van der Waals surface area contributed by atoms with Gasteiger partial charge in [-0.05, 0) is 23.9 Å². The van der Waals surface area contributed by atoms with Crippen LogP contribution in [0.25, 0.3) is 11.3 Å². The zero-order chi connectivity index (χ0) is 14.9. The summed E-state index contributed by atoms with van der Waals surface area (Å²) in [5, 5.41) is 1.94. The van der Waals surface area contributed by atoms with Gasteiger partial charge in [0.15, 0.2) is 0 Å². The number of aryl methyl sites for hydroxylation is 1. The molecule has 0 saturated heterocycles. The highest BCUT2D eigenvalue weighted by Gasteiger charge is 2.19. The molecule has 0 atom stereocenters. The van der Waals surface area contributed by atoms with Crippen LogP contribution in [0.4, 0.5) is 0 Å². The minimum absolute atomic E-state index is 0.233. The van der Waals surface area contributed by atoms with E-state index in [2.05, 4.69) is 9.97 Å². The second-order valence-corrected chi connectivity index (χ2v) is 6.09. The Balaban J connectivity index is 2.65. The summed E-state index contributed by atoms with van der Waals surface area (Å²) >= 11 is 6.59. The molecule has 2 aromatic rings. The van der Waals surface area contributed by atoms with E-state index in [9.17, 15) is 4.79 Å². The Kier molecular flexibility index (Phi) is 4.35. The summed E-state index contributed by atoms with van der Waals surface area (Å²) < 4.78 is 5.35. The van der Waals surface area contributed by atoms with Crippen LogP contribution in [0.3, 0.4) is 0 Å². The Bertz CT molecular complexity index is 701. The van der Waals surface area contributed by atoms with E-state index in [1.165, 1.54) is 18.4 Å². The van der Waals surface area contributed by atoms with E-state index in [0.29, 0.717) is 9.52 Å². The van der Waals surface area contributed by atoms with Crippen LogP contribution in [0.1, 0.15) is 40.8 Å². The molecule has 0 aliphatic rings. The monoisotopic (exact) mass is 308 g/mol. The van der Waals surface area contributed by atoms with Gasteiger partial charge in [0.05, 0.1) is 12.8 Å². The number of carbonyl (C=O) groups excluding carboxylic acids is 1. The van der Waals surface area contributed by atoms with E-state index in [4.69, 9.17) is 17.0 Å². The molecule has 6 heteroatoms. The number of nitrogens with zero attached hydrogens (tertiary/aromatic N) is 1. The molecular formula is C14H16N2O2S2. The summed E-state index contributed by atoms with van der Waals surface area (Å²) in [5.41, 5.74) is 2.67. The molecule has 0 aliphatic heterocycles. The molecule has 0 aromatic carbocycles. The van der Waals surface area contributed by atoms with Crippen molar-refractivity contribution in [1.82, 2.24) is 9.97 Å². The minimum atomic E-state index is -0.333. The van der Waals surface area contributed by atoms with Crippen LogP contribution in [0.5, 0.6) is 0 Å². The summed E-state index contributed by atoms with van der Waals surface area (Å²) in [5.74, 6) is 0.714. The van der Waals surface area contributed by atoms with Crippen LogP contribution >= 0.6 is 23.6 Å². The number of aromatic amines is 1. The molecule has 0 amide bonds. The Morgan fingerprint density at radius 2 is 2.20 bits per heavy atom. The zero-order valence-corrected chi connectivity index (χ0v) is 13.4. The van der Waals surface area contributed by atoms with E-state index in [1.54, 1.807) is 6.07 Å². The van der Waals surface area contributed by atoms with Crippen molar-refractivity contribution in [2.24, 2.45) is 0 Å². The molecule has 106 valence electrons. The summed E-state index contributed by atoms with van der Waals surface area (Å²) in [6.45, 7) is 6.04. The number of carbonyl (C=O) groups is 1. The lowest BCUT2D eigenvalue weighted by molar-refractivity contribution is 0.0607. The Morgan fingerprint density at radius 1 is 1.50 bits per heavy atom. The van der Waals surface area contributed by atoms with Gasteiger partial charge in [0.25, 0.3) is 0 Å². The first-order valence-corrected chi connectivity index (χ1v) is 7.50. The Labute approximate surface area is 126 Å². The lowest BCUT2D eigenvalue weighted by Crippen LogP contribution is -2.04. The van der Waals surface area contributed by atoms with Gasteiger partial charge in [0.2, 0.25) is 0 Å². The van der Waals surface area contributed by atoms with Crippen LogP contribution in [-0.2, 0) is 4.74 Å². The van der Waals surface area contributed by atoms with Crippen molar-refractivity contribution < 1.29 is 9.53 Å². The molecule has 2 aromatic heterocycles. The Morgan fingerprint density at radius 3 is 2.80 bits per heavy atom. The molecule has 0 unspecified atom stereocenters. The SMILES string of the molecule is COC(=O)c1scc(C)c1-c1cc(=S)nc(C(C)C)[nH]1. The van der Waals surface area contributed by atoms with Crippen LogP contribution < -0.4 is 0 Å². The smallest absolute Gasteiger partial charge is 0.348 e. The van der Waals surface area contributed by atoms with E-state index in [-0.39, 0.29) is 11.9 Å². The van der Waals surface area contributed by atoms with Crippen molar-refractivity contribution in [3.05, 3.63) is 32.4 Å². The van der Waals surface area contributed by atoms with Crippen molar-refractivity contribution in [3.8, 4) is 11.3 Å². The predicted octanol–water partition coefficient (Wildman–Crippen LogP) is 4.09. The molecule has 0 bridgehead atoms. The lowest BCUT2D eigenvalue weighted by Gasteiger charge is -2.10. The first-order valence-electron chi connectivity index (χ1n) is 6.22. The topological polar surface area (TPSA) is 55.0 Å². The van der Waals surface area contributed by atoms with Gasteiger partial charge < -0.3 is 9.72 Å². The highest BCUT2D eigenvalue weighted by Crippen LogP contribution is 2.32. The average molecular weight is 308 g/mol. The third-order valence-corrected chi connectivity index (χ3v) is 4.21. The average Bonchev–Trinajstić information content (AvgIpc) is 2.79. The number of esters is 1. The van der Waals surface area contributed by atoms with Crippen LogP contribution in [0.2, 0.25) is 0 Å². The Hall–Kier alpha value is -1.53. The number of thiophene rings is 1. The number of ether oxygens (including phenoxy) is 1. The highest BCUT2D eigenvalue weighted by molar-refractivity contribution is 7.71. The standard InChI is InChI=1S/C14H16N2O2S2/c1-7(2)13-15-9(5-10(19)16-13)11-8(3)6-20-12(11)14(17)18-4/h5-7H,1-4H3,(H,15,16,19). The number of aromatic nitrogens is 2. The van der Waals surface area contributed by atoms with Gasteiger partial charge in [0, 0.05) is 11.5 Å². The van der Waals surface area contributed by atoms with Crippen molar-refractivity contribution in [1.29, 1.82) is 0 Å². The molecule has 20 heavy (non-hydrogen) atoms. The van der Waals surface area contributed by atoms with Gasteiger partial charge in [-0.25, -0.2) is 9.78 Å². The summed E-state index contributed by atoms with van der Waals surface area (Å²) in [7, 11) is 1.38. The number of methoxy groups -OCH3 is 1. The predicted molar refractivity (Wildman–Crippen MR) is 82.9 cm³/mol. The van der Waals surface area contributed by atoms with Gasteiger partial charge in [-0.2, -0.15) is 0 Å². The molecule has 2 heterocycles. The van der Waals surface area contributed by atoms with Crippen molar-refractivity contribution >= 4 is 29.5 Å². The maximum Gasteiger partial charge on any atom is 0.348 e. The van der Waals surface area contributed by atoms with Gasteiger partial charge in [-0.1, -0.05) is 26.1 Å². The van der Waals surface area contributed by atoms with Gasteiger partial charge in [-0.3, -0.25) is 0 Å². The largest absolute Gasteiger partial charge is 0.465 e. The van der Waals surface area contributed by atoms with Crippen molar-refractivity contribution in [3.63, 3.8) is 0 Å². The van der Waals surface area contributed by atoms with E-state index < -0.39 is 0 Å². The number of nitrogens with one attached hydrogen (secondary N) is 1. The molecular weight excluding hydrogens is 292 g/mol. The molecule has 1 N–H and O–H groups in total. The molecule has 2 rings (SSSR count). The maximum atomic E-state index is 11.9. The van der Waals surface area contributed by atoms with Crippen molar-refractivity contribution in [2.75, 3.05) is 7.11 Å². The first kappa shape index (κ1) is 14.9. The normalized spacial score (nSPS) is 10.8. The van der Waals surface area contributed by atoms with Crippen LogP contribution in [-0.4, -0.2) is 23.0 Å². The maximum absolute atomic E-state index is 11.9. The molecule has 0 spiro atoms. The summed E-state index contributed by atoms with van der Waals surface area (Å²) in [6.07, 6.45) is 0. The first-order chi connectivity index (χ1) is 9.43. The van der Waals surface area contributed by atoms with Gasteiger partial charge >= 0.3 is 5.97 Å². The zero-order valence-electron chi connectivity index (χ0n) is 11.8. The summed E-state index contributed by atoms with van der Waals surface area (Å²) in [4.78, 5) is 20.0. The lowest BCUT2D eigenvalue weighted by atomic mass is 10.1. The highest BCUT2D eigenvalue weighted by atomic mass is 32.1. The van der Waals surface area contributed by atoms with E-state index >= 15 is 0 Å². The third kappa shape index (κ3) is 2.81. The fourth-order valence-electron chi connectivity index (χ4n) is 1.91. The van der Waals surface area contributed by atoms with E-state index in [0.717, 1.165) is 22.6 Å². The molecule has 4 nitrogen and oxygen atoms in total. The molecule has 0 aliphatic carbocycles. The minimum Gasteiger partial charge on any atom is -0.465 e. The fraction of sp³-hybridized carbons (Fsp3) is 0.357. The number of rotatable bonds is 3. The number of H-pyrrole nitrogens is 1. The van der Waals surface area contributed by atoms with Gasteiger partial charge in [0.1, 0.15) is 15.3 Å². The fourth-order valence-corrected chi connectivity index (χ4v) is 3.10. The van der Waals surface area contributed by atoms with Crippen molar-refractivity contribution in [2.45, 2.75) is 26.7 Å². The van der Waals surface area contributed by atoms with Crippen LogP contribution in [0.15, 0.2) is 11.4 Å². The second kappa shape index (κ2) is 5.85. The van der Waals surface area contributed by atoms with E-state index in [1.807, 2.05) is 26.2 Å². The summed E-state index contributed by atoms with van der Waals surface area (Å²) in [6, 6.07) is 1.78. The number of hydrogen-bond acceptors (Lipinski definition) is 5. The molecule has 0 fully saturated rings. The van der Waals surface area contributed by atoms with Crippen LogP contribution in [0, 0.1) is 11.6 Å². The van der Waals surface area contributed by atoms with Gasteiger partial charge in [-0.15, -0.1) is 11.3 Å².